The molecule has 1 amide bonds. The number of alkyl halides is 3. The number of carbonyl (C=O) groups is 1. The van der Waals surface area contributed by atoms with Crippen LogP contribution in [0.3, 0.4) is 0 Å². The van der Waals surface area contributed by atoms with Crippen LogP contribution in [0.15, 0.2) is 41.0 Å². The van der Waals surface area contributed by atoms with Gasteiger partial charge in [-0.3, -0.25) is 14.6 Å². The Morgan fingerprint density at radius 2 is 2.12 bits per heavy atom. The molecular weight excluding hydrogens is 415 g/mol. The maximum absolute atomic E-state index is 12.8. The van der Waals surface area contributed by atoms with Gasteiger partial charge in [-0.2, -0.15) is 23.4 Å². The summed E-state index contributed by atoms with van der Waals surface area (Å²) in [5.41, 5.74) is 0.689. The zero-order valence-corrected chi connectivity index (χ0v) is 15.0. The maximum atomic E-state index is 12.8. The Kier molecular flexibility index (Phi) is 4.86. The van der Waals surface area contributed by atoms with Crippen LogP contribution in [0.25, 0.3) is 0 Å². The maximum Gasteiger partial charge on any atom is 0.416 e. The number of halogens is 4. The second-order valence-corrected chi connectivity index (χ2v) is 6.43. The molecule has 1 aromatic carbocycles. The van der Waals surface area contributed by atoms with Gasteiger partial charge in [0, 0.05) is 11.8 Å². The number of aryl methyl sites for hydroxylation is 1. The number of carbonyl (C=O) groups excluding carboxylic acids is 1. The summed E-state index contributed by atoms with van der Waals surface area (Å²) in [6.45, 7) is 1.90. The highest BCUT2D eigenvalue weighted by Crippen LogP contribution is 2.29. The van der Waals surface area contributed by atoms with Gasteiger partial charge in [0.1, 0.15) is 5.69 Å². The second-order valence-electron chi connectivity index (χ2n) is 5.57. The van der Waals surface area contributed by atoms with E-state index in [9.17, 15) is 18.0 Å². The molecule has 0 aliphatic rings. The van der Waals surface area contributed by atoms with Gasteiger partial charge in [0.15, 0.2) is 5.82 Å². The van der Waals surface area contributed by atoms with Gasteiger partial charge >= 0.3 is 6.18 Å². The highest BCUT2D eigenvalue weighted by molar-refractivity contribution is 9.10. The fourth-order valence-corrected chi connectivity index (χ4v) is 2.73. The lowest BCUT2D eigenvalue weighted by Crippen LogP contribution is -2.14. The van der Waals surface area contributed by atoms with Crippen molar-refractivity contribution in [1.29, 1.82) is 0 Å². The Morgan fingerprint density at radius 1 is 1.35 bits per heavy atom. The van der Waals surface area contributed by atoms with Crippen molar-refractivity contribution in [2.45, 2.75) is 19.6 Å². The Balaban J connectivity index is 1.77. The minimum Gasteiger partial charge on any atom is -0.304 e. The molecule has 0 bridgehead atoms. The van der Waals surface area contributed by atoms with Crippen molar-refractivity contribution in [2.24, 2.45) is 0 Å². The van der Waals surface area contributed by atoms with Crippen molar-refractivity contribution in [2.75, 3.05) is 5.32 Å². The average molecular weight is 428 g/mol. The molecule has 0 saturated heterocycles. The number of hydrogen-bond donors (Lipinski definition) is 2. The molecule has 2 aromatic heterocycles. The molecule has 0 atom stereocenters. The topological polar surface area (TPSA) is 75.6 Å². The summed E-state index contributed by atoms with van der Waals surface area (Å²) in [4.78, 5) is 12.1. The molecule has 0 aliphatic carbocycles. The quantitative estimate of drug-likeness (QED) is 0.660. The Hall–Kier alpha value is -2.62. The van der Waals surface area contributed by atoms with Gasteiger partial charge in [0.05, 0.1) is 22.8 Å². The highest BCUT2D eigenvalue weighted by Gasteiger charge is 2.30. The minimum atomic E-state index is -4.40. The van der Waals surface area contributed by atoms with Crippen molar-refractivity contribution in [3.63, 3.8) is 0 Å². The molecule has 0 saturated carbocycles. The van der Waals surface area contributed by atoms with Crippen molar-refractivity contribution in [1.82, 2.24) is 20.0 Å². The number of H-pyrrole nitrogens is 1. The lowest BCUT2D eigenvalue weighted by molar-refractivity contribution is -0.137. The summed E-state index contributed by atoms with van der Waals surface area (Å²) in [6, 6.07) is 6.69. The van der Waals surface area contributed by atoms with Crippen molar-refractivity contribution in [3.05, 3.63) is 63.5 Å². The number of amides is 1. The number of nitrogens with one attached hydrogen (secondary N) is 2. The SMILES string of the molecule is Cc1cc(NC(=O)c2[nH]ncc2Br)nn1Cc1cccc(C(F)(F)F)c1. The number of aromatic nitrogens is 4. The molecule has 2 N–H and O–H groups in total. The number of rotatable bonds is 4. The lowest BCUT2D eigenvalue weighted by atomic mass is 10.1. The third-order valence-electron chi connectivity index (χ3n) is 3.63. The molecule has 6 nitrogen and oxygen atoms in total. The zero-order chi connectivity index (χ0) is 18.9. The highest BCUT2D eigenvalue weighted by atomic mass is 79.9. The van der Waals surface area contributed by atoms with Crippen molar-refractivity contribution < 1.29 is 18.0 Å². The van der Waals surface area contributed by atoms with Gasteiger partial charge in [-0.05, 0) is 40.5 Å². The van der Waals surface area contributed by atoms with Gasteiger partial charge < -0.3 is 5.32 Å². The van der Waals surface area contributed by atoms with Crippen molar-refractivity contribution >= 4 is 27.7 Å². The first-order valence-electron chi connectivity index (χ1n) is 7.45. The fraction of sp³-hybridized carbons (Fsp3) is 0.188. The van der Waals surface area contributed by atoms with E-state index in [2.05, 4.69) is 36.5 Å². The first-order valence-corrected chi connectivity index (χ1v) is 8.24. The van der Waals surface area contributed by atoms with E-state index in [0.29, 0.717) is 21.5 Å². The summed E-state index contributed by atoms with van der Waals surface area (Å²) < 4.78 is 40.5. The van der Waals surface area contributed by atoms with Gasteiger partial charge in [-0.25, -0.2) is 0 Å². The summed E-state index contributed by atoms with van der Waals surface area (Å²) >= 11 is 3.19. The Morgan fingerprint density at radius 3 is 2.77 bits per heavy atom. The second kappa shape index (κ2) is 6.94. The number of hydrogen-bond acceptors (Lipinski definition) is 3. The van der Waals surface area contributed by atoms with Gasteiger partial charge in [0.2, 0.25) is 0 Å². The van der Waals surface area contributed by atoms with E-state index in [1.807, 2.05) is 0 Å². The van der Waals surface area contributed by atoms with Crippen LogP contribution in [-0.2, 0) is 12.7 Å². The molecule has 2 heterocycles. The lowest BCUT2D eigenvalue weighted by Gasteiger charge is -2.09. The summed E-state index contributed by atoms with van der Waals surface area (Å²) in [7, 11) is 0. The Bertz CT molecular complexity index is 948. The van der Waals surface area contributed by atoms with E-state index in [1.165, 1.54) is 16.9 Å². The molecule has 26 heavy (non-hydrogen) atoms. The predicted molar refractivity (Wildman–Crippen MR) is 91.8 cm³/mol. The number of benzene rings is 1. The fourth-order valence-electron chi connectivity index (χ4n) is 2.36. The minimum absolute atomic E-state index is 0.152. The van der Waals surface area contributed by atoms with Crippen LogP contribution in [0.2, 0.25) is 0 Å². The molecule has 0 fully saturated rings. The smallest absolute Gasteiger partial charge is 0.304 e. The molecule has 3 rings (SSSR count). The van der Waals surface area contributed by atoms with Gasteiger partial charge in [0.25, 0.3) is 5.91 Å². The molecule has 0 radical (unpaired) electrons. The van der Waals surface area contributed by atoms with E-state index in [1.54, 1.807) is 19.1 Å². The zero-order valence-electron chi connectivity index (χ0n) is 13.4. The van der Waals surface area contributed by atoms with Crippen LogP contribution in [0.4, 0.5) is 19.0 Å². The van der Waals surface area contributed by atoms with Crippen LogP contribution in [0, 0.1) is 6.92 Å². The first-order chi connectivity index (χ1) is 12.2. The van der Waals surface area contributed by atoms with Crippen LogP contribution >= 0.6 is 15.9 Å². The van der Waals surface area contributed by atoms with E-state index in [0.717, 1.165) is 12.1 Å². The number of anilines is 1. The third kappa shape index (κ3) is 3.96. The summed E-state index contributed by atoms with van der Waals surface area (Å²) in [6.07, 6.45) is -2.95. The third-order valence-corrected chi connectivity index (χ3v) is 4.23. The van der Waals surface area contributed by atoms with Gasteiger partial charge in [-0.15, -0.1) is 0 Å². The van der Waals surface area contributed by atoms with E-state index in [4.69, 9.17) is 0 Å². The standard InChI is InChI=1S/C16H13BrF3N5O/c1-9-5-13(22-15(26)14-12(17)7-21-23-14)24-25(9)8-10-3-2-4-11(6-10)16(18,19)20/h2-7H,8H2,1H3,(H,21,23)(H,22,24,26). The first kappa shape index (κ1) is 18.2. The molecule has 0 unspecified atom stereocenters. The summed E-state index contributed by atoms with van der Waals surface area (Å²) in [5.74, 6) is -0.140. The molecular formula is C16H13BrF3N5O. The van der Waals surface area contributed by atoms with Crippen LogP contribution in [-0.4, -0.2) is 25.9 Å². The number of nitrogens with zero attached hydrogens (tertiary/aromatic N) is 3. The van der Waals surface area contributed by atoms with E-state index >= 15 is 0 Å². The molecule has 3 aromatic rings. The average Bonchev–Trinajstić information content (AvgIpc) is 3.13. The monoisotopic (exact) mass is 427 g/mol. The van der Waals surface area contributed by atoms with Crippen LogP contribution in [0.5, 0.6) is 0 Å². The molecule has 0 aliphatic heterocycles. The Labute approximate surface area is 154 Å². The van der Waals surface area contributed by atoms with Gasteiger partial charge in [-0.1, -0.05) is 12.1 Å². The normalized spacial score (nSPS) is 11.6. The summed E-state index contributed by atoms with van der Waals surface area (Å²) in [5, 5.41) is 13.1. The van der Waals surface area contributed by atoms with Crippen LogP contribution < -0.4 is 5.32 Å². The largest absolute Gasteiger partial charge is 0.416 e. The van der Waals surface area contributed by atoms with E-state index < -0.39 is 17.6 Å². The molecule has 10 heteroatoms. The molecule has 136 valence electrons. The number of aromatic amines is 1. The molecule has 0 spiro atoms. The van der Waals surface area contributed by atoms with Crippen LogP contribution in [0.1, 0.15) is 27.3 Å². The van der Waals surface area contributed by atoms with E-state index in [-0.39, 0.29) is 12.2 Å². The predicted octanol–water partition coefficient (Wildman–Crippen LogP) is 4.00. The van der Waals surface area contributed by atoms with Crippen molar-refractivity contribution in [3.8, 4) is 0 Å².